The van der Waals surface area contributed by atoms with Crippen LogP contribution in [0.15, 0.2) is 36.4 Å². The molecule has 0 aliphatic heterocycles. The van der Waals surface area contributed by atoms with Crippen LogP contribution in [0.2, 0.25) is 0 Å². The molecular weight excluding hydrogens is 413 g/mol. The van der Waals surface area contributed by atoms with Gasteiger partial charge in [0, 0.05) is 25.2 Å². The zero-order valence-electron chi connectivity index (χ0n) is 18.8. The number of unbranched alkanes of at least 4 members (excludes halogenated alkanes) is 4. The Hall–Kier alpha value is -2.50. The molecule has 6 heteroatoms. The van der Waals surface area contributed by atoms with Crippen molar-refractivity contribution in [2.75, 3.05) is 11.9 Å². The number of hydrogen-bond acceptors (Lipinski definition) is 1. The first kappa shape index (κ1) is 24.1. The number of rotatable bonds is 10. The summed E-state index contributed by atoms with van der Waals surface area (Å²) in [4.78, 5) is 14.5. The Balaban J connectivity index is 1.68. The van der Waals surface area contributed by atoms with Crippen molar-refractivity contribution in [1.29, 1.82) is 0 Å². The molecule has 0 heterocycles. The van der Waals surface area contributed by atoms with E-state index < -0.39 is 29.2 Å². The quantitative estimate of drug-likeness (QED) is 0.372. The summed E-state index contributed by atoms with van der Waals surface area (Å²) in [5.74, 6) is -2.65. The van der Waals surface area contributed by atoms with E-state index >= 15 is 0 Å². The molecule has 0 unspecified atom stereocenters. The lowest BCUT2D eigenvalue weighted by molar-refractivity contribution is 0.207. The van der Waals surface area contributed by atoms with Gasteiger partial charge < -0.3 is 10.2 Å². The van der Waals surface area contributed by atoms with E-state index in [2.05, 4.69) is 24.4 Å². The predicted octanol–water partition coefficient (Wildman–Crippen LogP) is 7.77. The molecule has 174 valence electrons. The molecule has 1 saturated carbocycles. The van der Waals surface area contributed by atoms with Gasteiger partial charge in [-0.25, -0.2) is 18.0 Å². The van der Waals surface area contributed by atoms with Crippen LogP contribution < -0.4 is 5.32 Å². The molecule has 2 aromatic rings. The lowest BCUT2D eigenvalue weighted by Crippen LogP contribution is -2.35. The minimum absolute atomic E-state index is 0.342. The van der Waals surface area contributed by atoms with Gasteiger partial charge in [0.1, 0.15) is 11.5 Å². The van der Waals surface area contributed by atoms with Gasteiger partial charge in [0.05, 0.1) is 0 Å². The van der Waals surface area contributed by atoms with Crippen molar-refractivity contribution >= 4 is 11.7 Å². The largest absolute Gasteiger partial charge is 0.322 e. The lowest BCUT2D eigenvalue weighted by atomic mass is 9.96. The molecule has 0 aromatic heterocycles. The Morgan fingerprint density at radius 2 is 1.59 bits per heavy atom. The average molecular weight is 447 g/mol. The monoisotopic (exact) mass is 446 g/mol. The first-order chi connectivity index (χ1) is 15.5. The average Bonchev–Trinajstić information content (AvgIpc) is 3.30. The molecule has 0 radical (unpaired) electrons. The van der Waals surface area contributed by atoms with Crippen molar-refractivity contribution in [3.05, 3.63) is 65.0 Å². The van der Waals surface area contributed by atoms with Crippen molar-refractivity contribution in [3.8, 4) is 0 Å². The molecule has 2 amide bonds. The third-order valence-electron chi connectivity index (χ3n) is 6.24. The van der Waals surface area contributed by atoms with E-state index in [0.29, 0.717) is 31.1 Å². The molecule has 0 spiro atoms. The fraction of sp³-hybridized carbons (Fsp3) is 0.500. The number of nitrogens with one attached hydrogen (secondary N) is 1. The van der Waals surface area contributed by atoms with Crippen molar-refractivity contribution in [2.24, 2.45) is 0 Å². The molecule has 3 nitrogen and oxygen atoms in total. The van der Waals surface area contributed by atoms with E-state index in [1.165, 1.54) is 31.2 Å². The van der Waals surface area contributed by atoms with E-state index in [9.17, 15) is 18.0 Å². The van der Waals surface area contributed by atoms with E-state index in [1.54, 1.807) is 4.90 Å². The zero-order chi connectivity index (χ0) is 22.9. The maximum Gasteiger partial charge on any atom is 0.322 e. The summed E-state index contributed by atoms with van der Waals surface area (Å²) in [7, 11) is 0. The maximum absolute atomic E-state index is 14.0. The summed E-state index contributed by atoms with van der Waals surface area (Å²) in [5.41, 5.74) is 1.68. The fourth-order valence-electron chi connectivity index (χ4n) is 4.38. The van der Waals surface area contributed by atoms with Crippen molar-refractivity contribution in [3.63, 3.8) is 0 Å². The molecule has 32 heavy (non-hydrogen) atoms. The van der Waals surface area contributed by atoms with Gasteiger partial charge in [-0.1, -0.05) is 69.7 Å². The summed E-state index contributed by atoms with van der Waals surface area (Å²) in [6.07, 6.45) is 10.1. The minimum Gasteiger partial charge on any atom is -0.320 e. The third-order valence-corrected chi connectivity index (χ3v) is 6.24. The number of nitrogens with zero attached hydrogens (tertiary/aromatic N) is 1. The summed E-state index contributed by atoms with van der Waals surface area (Å²) in [6.45, 7) is 2.96. The van der Waals surface area contributed by atoms with Crippen LogP contribution >= 0.6 is 0 Å². The van der Waals surface area contributed by atoms with Gasteiger partial charge >= 0.3 is 6.03 Å². The summed E-state index contributed by atoms with van der Waals surface area (Å²) in [6, 6.07) is 8.85. The zero-order valence-corrected chi connectivity index (χ0v) is 18.8. The first-order valence-electron chi connectivity index (χ1n) is 11.8. The predicted molar refractivity (Wildman–Crippen MR) is 122 cm³/mol. The number of amides is 2. The minimum atomic E-state index is -1.13. The first-order valence-corrected chi connectivity index (χ1v) is 11.8. The van der Waals surface area contributed by atoms with E-state index in [0.717, 1.165) is 37.7 Å². The molecular formula is C26H33F3N2O. The number of halogens is 3. The van der Waals surface area contributed by atoms with Crippen LogP contribution in [0.25, 0.3) is 0 Å². The number of hydrogen-bond donors (Lipinski definition) is 1. The second-order valence-corrected chi connectivity index (χ2v) is 8.73. The van der Waals surface area contributed by atoms with Gasteiger partial charge in [-0.3, -0.25) is 0 Å². The van der Waals surface area contributed by atoms with Gasteiger partial charge in [0.15, 0.2) is 11.6 Å². The Bertz CT molecular complexity index is 856. The SMILES string of the molecule is CCCCCCCN(Cc1ccc(C2CCCC2)cc1)C(=O)Nc1c(F)cc(F)cc1F. The molecule has 1 N–H and O–H groups in total. The van der Waals surface area contributed by atoms with Crippen molar-refractivity contribution in [1.82, 2.24) is 4.90 Å². The van der Waals surface area contributed by atoms with Gasteiger partial charge in [0.25, 0.3) is 0 Å². The van der Waals surface area contributed by atoms with E-state index in [1.807, 2.05) is 12.1 Å². The van der Waals surface area contributed by atoms with E-state index in [4.69, 9.17) is 0 Å². The maximum atomic E-state index is 14.0. The number of anilines is 1. The number of carbonyl (C=O) groups is 1. The summed E-state index contributed by atoms with van der Waals surface area (Å²) in [5, 5.41) is 2.30. The second kappa shape index (κ2) is 11.9. The molecule has 0 saturated heterocycles. The number of urea groups is 1. The lowest BCUT2D eigenvalue weighted by Gasteiger charge is -2.24. The molecule has 0 bridgehead atoms. The third kappa shape index (κ3) is 6.75. The Kier molecular flexibility index (Phi) is 9.00. The van der Waals surface area contributed by atoms with Crippen LogP contribution in [-0.4, -0.2) is 17.5 Å². The number of benzene rings is 2. The molecule has 1 aliphatic rings. The molecule has 0 atom stereocenters. The highest BCUT2D eigenvalue weighted by Gasteiger charge is 2.20. The topological polar surface area (TPSA) is 32.3 Å². The smallest absolute Gasteiger partial charge is 0.320 e. The Morgan fingerprint density at radius 1 is 0.969 bits per heavy atom. The standard InChI is InChI=1S/C26H33F3N2O/c1-2-3-4-5-8-15-31(26(32)30-25-23(28)16-22(27)17-24(25)29)18-19-11-13-21(14-12-19)20-9-6-7-10-20/h11-14,16-17,20H,2-10,15,18H2,1H3,(H,30,32). The van der Waals surface area contributed by atoms with Gasteiger partial charge in [-0.2, -0.15) is 0 Å². The van der Waals surface area contributed by atoms with Crippen LogP contribution in [0.1, 0.15) is 81.8 Å². The van der Waals surface area contributed by atoms with Crippen LogP contribution in [0.4, 0.5) is 23.7 Å². The summed E-state index contributed by atoms with van der Waals surface area (Å²) < 4.78 is 41.3. The van der Waals surface area contributed by atoms with Crippen molar-refractivity contribution in [2.45, 2.75) is 77.2 Å². The van der Waals surface area contributed by atoms with Crippen LogP contribution in [0, 0.1) is 17.5 Å². The highest BCUT2D eigenvalue weighted by molar-refractivity contribution is 5.89. The van der Waals surface area contributed by atoms with Crippen LogP contribution in [0.3, 0.4) is 0 Å². The van der Waals surface area contributed by atoms with Gasteiger partial charge in [-0.05, 0) is 36.3 Å². The number of carbonyl (C=O) groups excluding carboxylic acids is 1. The molecule has 3 rings (SSSR count). The molecule has 2 aromatic carbocycles. The Morgan fingerprint density at radius 3 is 2.22 bits per heavy atom. The summed E-state index contributed by atoms with van der Waals surface area (Å²) >= 11 is 0. The van der Waals surface area contributed by atoms with Crippen molar-refractivity contribution < 1.29 is 18.0 Å². The van der Waals surface area contributed by atoms with Crippen LogP contribution in [0.5, 0.6) is 0 Å². The normalized spacial score (nSPS) is 14.0. The Labute approximate surface area is 189 Å². The van der Waals surface area contributed by atoms with Gasteiger partial charge in [0.2, 0.25) is 0 Å². The molecule has 1 fully saturated rings. The molecule has 1 aliphatic carbocycles. The van der Waals surface area contributed by atoms with Gasteiger partial charge in [-0.15, -0.1) is 0 Å². The second-order valence-electron chi connectivity index (χ2n) is 8.73. The fourth-order valence-corrected chi connectivity index (χ4v) is 4.38. The van der Waals surface area contributed by atoms with Crippen LogP contribution in [-0.2, 0) is 6.54 Å². The highest BCUT2D eigenvalue weighted by Crippen LogP contribution is 2.34. The highest BCUT2D eigenvalue weighted by atomic mass is 19.1. The van der Waals surface area contributed by atoms with E-state index in [-0.39, 0.29) is 0 Å².